The zero-order chi connectivity index (χ0) is 12.1. The standard InChI is InChI=1S/C12H15N5/c1-3-8-17-12(14-15-16-17)13-9-11-6-4-10(2)5-7-11/h4-7,9H,3,8H2,1-2H3/b13-9+. The number of hydrogen-bond acceptors (Lipinski definition) is 4. The third-order valence-electron chi connectivity index (χ3n) is 2.35. The highest BCUT2D eigenvalue weighted by molar-refractivity contribution is 5.81. The van der Waals surface area contributed by atoms with Crippen molar-refractivity contribution in [3.63, 3.8) is 0 Å². The van der Waals surface area contributed by atoms with Gasteiger partial charge in [-0.05, 0) is 29.3 Å². The number of aryl methyl sites for hydroxylation is 2. The summed E-state index contributed by atoms with van der Waals surface area (Å²) in [5, 5.41) is 11.4. The number of aliphatic imine (C=N–C) groups is 1. The summed E-state index contributed by atoms with van der Waals surface area (Å²) in [6.45, 7) is 4.92. The van der Waals surface area contributed by atoms with E-state index in [4.69, 9.17) is 0 Å². The zero-order valence-electron chi connectivity index (χ0n) is 10.0. The highest BCUT2D eigenvalue weighted by Crippen LogP contribution is 2.06. The molecule has 2 rings (SSSR count). The lowest BCUT2D eigenvalue weighted by Crippen LogP contribution is -1.98. The number of aromatic nitrogens is 4. The molecule has 88 valence electrons. The van der Waals surface area contributed by atoms with Gasteiger partial charge in [0.25, 0.3) is 5.95 Å². The summed E-state index contributed by atoms with van der Waals surface area (Å²) in [5.41, 5.74) is 2.28. The first-order chi connectivity index (χ1) is 8.29. The van der Waals surface area contributed by atoms with Gasteiger partial charge in [-0.2, -0.15) is 0 Å². The van der Waals surface area contributed by atoms with Crippen molar-refractivity contribution in [2.24, 2.45) is 4.99 Å². The molecule has 0 fully saturated rings. The van der Waals surface area contributed by atoms with E-state index in [1.54, 1.807) is 10.9 Å². The minimum absolute atomic E-state index is 0.549. The second-order valence-electron chi connectivity index (χ2n) is 3.87. The molecule has 0 bridgehead atoms. The van der Waals surface area contributed by atoms with Crippen molar-refractivity contribution < 1.29 is 0 Å². The second kappa shape index (κ2) is 5.34. The van der Waals surface area contributed by atoms with Crippen LogP contribution in [-0.4, -0.2) is 26.4 Å². The van der Waals surface area contributed by atoms with Crippen molar-refractivity contribution >= 4 is 12.2 Å². The van der Waals surface area contributed by atoms with E-state index in [1.165, 1.54) is 5.56 Å². The van der Waals surface area contributed by atoms with Crippen molar-refractivity contribution in [1.82, 2.24) is 20.2 Å². The summed E-state index contributed by atoms with van der Waals surface area (Å²) in [6, 6.07) is 8.15. The molecule has 5 heteroatoms. The summed E-state index contributed by atoms with van der Waals surface area (Å²) in [6.07, 6.45) is 2.76. The molecular formula is C12H15N5. The Kier molecular flexibility index (Phi) is 3.59. The average Bonchev–Trinajstić information content (AvgIpc) is 2.77. The van der Waals surface area contributed by atoms with Crippen LogP contribution in [0.2, 0.25) is 0 Å². The molecule has 1 aromatic heterocycles. The van der Waals surface area contributed by atoms with E-state index in [0.717, 1.165) is 18.5 Å². The van der Waals surface area contributed by atoms with Crippen LogP contribution in [0.4, 0.5) is 5.95 Å². The second-order valence-corrected chi connectivity index (χ2v) is 3.87. The maximum Gasteiger partial charge on any atom is 0.269 e. The number of hydrogen-bond donors (Lipinski definition) is 0. The average molecular weight is 229 g/mol. The Morgan fingerprint density at radius 1 is 1.29 bits per heavy atom. The van der Waals surface area contributed by atoms with Gasteiger partial charge in [-0.25, -0.2) is 9.67 Å². The topological polar surface area (TPSA) is 56.0 Å². The highest BCUT2D eigenvalue weighted by atomic mass is 15.6. The Bertz CT molecular complexity index is 498. The van der Waals surface area contributed by atoms with Crippen LogP contribution in [0.3, 0.4) is 0 Å². The van der Waals surface area contributed by atoms with Crippen LogP contribution in [0.5, 0.6) is 0 Å². The Balaban J connectivity index is 2.14. The molecule has 0 saturated heterocycles. The van der Waals surface area contributed by atoms with Gasteiger partial charge in [-0.15, -0.1) is 0 Å². The number of rotatable bonds is 4. The molecule has 0 amide bonds. The molecule has 0 N–H and O–H groups in total. The molecule has 0 aliphatic carbocycles. The van der Waals surface area contributed by atoms with Gasteiger partial charge < -0.3 is 0 Å². The molecule has 17 heavy (non-hydrogen) atoms. The van der Waals surface area contributed by atoms with E-state index in [9.17, 15) is 0 Å². The quantitative estimate of drug-likeness (QED) is 0.755. The van der Waals surface area contributed by atoms with E-state index < -0.39 is 0 Å². The highest BCUT2D eigenvalue weighted by Gasteiger charge is 2.01. The van der Waals surface area contributed by atoms with E-state index in [-0.39, 0.29) is 0 Å². The summed E-state index contributed by atoms with van der Waals surface area (Å²) in [4.78, 5) is 4.29. The lowest BCUT2D eigenvalue weighted by Gasteiger charge is -1.97. The molecule has 5 nitrogen and oxygen atoms in total. The summed E-state index contributed by atoms with van der Waals surface area (Å²) < 4.78 is 1.70. The Morgan fingerprint density at radius 3 is 2.76 bits per heavy atom. The molecule has 0 radical (unpaired) electrons. The summed E-state index contributed by atoms with van der Waals surface area (Å²) in [7, 11) is 0. The van der Waals surface area contributed by atoms with E-state index in [1.807, 2.05) is 12.1 Å². The van der Waals surface area contributed by atoms with Crippen LogP contribution in [-0.2, 0) is 6.54 Å². The van der Waals surface area contributed by atoms with Gasteiger partial charge >= 0.3 is 0 Å². The fraction of sp³-hybridized carbons (Fsp3) is 0.333. The van der Waals surface area contributed by atoms with Crippen LogP contribution < -0.4 is 0 Å². The van der Waals surface area contributed by atoms with E-state index >= 15 is 0 Å². The Labute approximate surface area is 100 Å². The molecule has 1 aromatic carbocycles. The SMILES string of the molecule is CCCn1nnnc1/N=C/c1ccc(C)cc1. The van der Waals surface area contributed by atoms with Gasteiger partial charge in [0, 0.05) is 12.8 Å². The fourth-order valence-corrected chi connectivity index (χ4v) is 1.43. The third kappa shape index (κ3) is 2.96. The minimum Gasteiger partial charge on any atom is -0.218 e. The predicted molar refractivity (Wildman–Crippen MR) is 66.5 cm³/mol. The van der Waals surface area contributed by atoms with Crippen molar-refractivity contribution in [2.45, 2.75) is 26.8 Å². The molecule has 0 atom stereocenters. The number of benzene rings is 1. The maximum atomic E-state index is 4.29. The third-order valence-corrected chi connectivity index (χ3v) is 2.35. The van der Waals surface area contributed by atoms with Crippen LogP contribution in [0.1, 0.15) is 24.5 Å². The van der Waals surface area contributed by atoms with E-state index in [2.05, 4.69) is 46.5 Å². The van der Waals surface area contributed by atoms with Crippen LogP contribution in [0.25, 0.3) is 0 Å². The Hall–Kier alpha value is -2.04. The van der Waals surface area contributed by atoms with Crippen molar-refractivity contribution in [3.05, 3.63) is 35.4 Å². The molecule has 2 aromatic rings. The first-order valence-electron chi connectivity index (χ1n) is 5.66. The van der Waals surface area contributed by atoms with Crippen LogP contribution in [0.15, 0.2) is 29.3 Å². The fourth-order valence-electron chi connectivity index (χ4n) is 1.43. The number of tetrazole rings is 1. The maximum absolute atomic E-state index is 4.29. The molecule has 0 spiro atoms. The molecule has 0 aliphatic rings. The van der Waals surface area contributed by atoms with Crippen molar-refractivity contribution in [3.8, 4) is 0 Å². The van der Waals surface area contributed by atoms with Gasteiger partial charge in [0.1, 0.15) is 0 Å². The minimum atomic E-state index is 0.549. The van der Waals surface area contributed by atoms with Gasteiger partial charge in [-0.3, -0.25) is 0 Å². The molecular weight excluding hydrogens is 214 g/mol. The van der Waals surface area contributed by atoms with Crippen molar-refractivity contribution in [1.29, 1.82) is 0 Å². The lowest BCUT2D eigenvalue weighted by atomic mass is 10.2. The molecule has 0 aliphatic heterocycles. The predicted octanol–water partition coefficient (Wildman–Crippen LogP) is 2.14. The van der Waals surface area contributed by atoms with Gasteiger partial charge in [-0.1, -0.05) is 41.9 Å². The van der Waals surface area contributed by atoms with Gasteiger partial charge in [0.2, 0.25) is 0 Å². The van der Waals surface area contributed by atoms with Crippen LogP contribution >= 0.6 is 0 Å². The molecule has 0 unspecified atom stereocenters. The van der Waals surface area contributed by atoms with Crippen LogP contribution in [0, 0.1) is 6.92 Å². The molecule has 0 saturated carbocycles. The monoisotopic (exact) mass is 229 g/mol. The largest absolute Gasteiger partial charge is 0.269 e. The first kappa shape index (κ1) is 11.4. The van der Waals surface area contributed by atoms with E-state index in [0.29, 0.717) is 5.95 Å². The van der Waals surface area contributed by atoms with Crippen molar-refractivity contribution in [2.75, 3.05) is 0 Å². The number of nitrogens with zero attached hydrogens (tertiary/aromatic N) is 5. The van der Waals surface area contributed by atoms with Gasteiger partial charge in [0.15, 0.2) is 0 Å². The summed E-state index contributed by atoms with van der Waals surface area (Å²) >= 11 is 0. The normalized spacial score (nSPS) is 11.2. The molecule has 1 heterocycles. The first-order valence-corrected chi connectivity index (χ1v) is 5.66. The smallest absolute Gasteiger partial charge is 0.218 e. The Morgan fingerprint density at radius 2 is 2.06 bits per heavy atom. The summed E-state index contributed by atoms with van der Waals surface area (Å²) in [5.74, 6) is 0.549. The van der Waals surface area contributed by atoms with Gasteiger partial charge in [0.05, 0.1) is 0 Å². The zero-order valence-corrected chi connectivity index (χ0v) is 10.0. The lowest BCUT2D eigenvalue weighted by molar-refractivity contribution is 0.582.